The van der Waals surface area contributed by atoms with E-state index in [0.717, 1.165) is 29.3 Å². The lowest BCUT2D eigenvalue weighted by Gasteiger charge is -2.07. The van der Waals surface area contributed by atoms with Crippen molar-refractivity contribution in [3.63, 3.8) is 0 Å². The molecule has 0 saturated heterocycles. The highest BCUT2D eigenvalue weighted by atomic mass is 32.2. The minimum atomic E-state index is -0.195. The molecule has 1 heterocycles. The molecule has 2 aromatic rings. The maximum absolute atomic E-state index is 11.2. The highest BCUT2D eigenvalue weighted by molar-refractivity contribution is 7.98. The van der Waals surface area contributed by atoms with Gasteiger partial charge in [0.2, 0.25) is 5.91 Å². The number of hydrogen-bond donors (Lipinski definition) is 1. The van der Waals surface area contributed by atoms with Gasteiger partial charge in [-0.1, -0.05) is 13.5 Å². The minimum absolute atomic E-state index is 0.195. The van der Waals surface area contributed by atoms with Gasteiger partial charge >= 0.3 is 0 Å². The first-order chi connectivity index (χ1) is 10.2. The number of carbonyl (C=O) groups excluding carboxylic acids is 1. The van der Waals surface area contributed by atoms with Crippen LogP contribution in [0.1, 0.15) is 19.0 Å². The van der Waals surface area contributed by atoms with Crippen LogP contribution in [0.2, 0.25) is 0 Å². The Morgan fingerprint density at radius 3 is 2.86 bits per heavy atom. The second-order valence-corrected chi connectivity index (χ2v) is 5.63. The van der Waals surface area contributed by atoms with Crippen LogP contribution in [0.15, 0.2) is 54.3 Å². The molecule has 0 atom stereocenters. The molecular formula is C16H19N3OS. The summed E-state index contributed by atoms with van der Waals surface area (Å²) in [7, 11) is 0. The van der Waals surface area contributed by atoms with Crippen molar-refractivity contribution in [1.82, 2.24) is 9.55 Å². The molecular weight excluding hydrogens is 282 g/mol. The largest absolute Gasteiger partial charge is 0.334 e. The average Bonchev–Trinajstić information content (AvgIpc) is 2.94. The van der Waals surface area contributed by atoms with E-state index in [0.29, 0.717) is 0 Å². The van der Waals surface area contributed by atoms with Gasteiger partial charge in [0.1, 0.15) is 0 Å². The van der Waals surface area contributed by atoms with Crippen molar-refractivity contribution in [2.24, 2.45) is 0 Å². The predicted octanol–water partition coefficient (Wildman–Crippen LogP) is 3.71. The summed E-state index contributed by atoms with van der Waals surface area (Å²) >= 11 is 1.76. The average molecular weight is 301 g/mol. The Bertz CT molecular complexity index is 604. The number of carbonyl (C=O) groups is 1. The number of aryl methyl sites for hydroxylation is 1. The lowest BCUT2D eigenvalue weighted by molar-refractivity contribution is -0.111. The second-order valence-electron chi connectivity index (χ2n) is 4.58. The summed E-state index contributed by atoms with van der Waals surface area (Å²) in [6.45, 7) is 6.59. The third kappa shape index (κ3) is 4.49. The standard InChI is InChI=1S/C16H19N3OS/c1-3-9-19-12-17-10-14(19)11-21-15-7-5-13(6-8-15)18-16(20)4-2/h4-8,10,12H,2-3,9,11H2,1H3,(H,18,20). The fraction of sp³-hybridized carbons (Fsp3) is 0.250. The van der Waals surface area contributed by atoms with Crippen molar-refractivity contribution in [1.29, 1.82) is 0 Å². The Kier molecular flexibility index (Phi) is 5.63. The van der Waals surface area contributed by atoms with E-state index in [1.807, 2.05) is 36.8 Å². The SMILES string of the molecule is C=CC(=O)Nc1ccc(SCc2cncn2CCC)cc1. The van der Waals surface area contributed by atoms with E-state index in [1.165, 1.54) is 11.8 Å². The van der Waals surface area contributed by atoms with E-state index >= 15 is 0 Å². The molecule has 110 valence electrons. The minimum Gasteiger partial charge on any atom is -0.334 e. The summed E-state index contributed by atoms with van der Waals surface area (Å²) in [5, 5.41) is 2.73. The van der Waals surface area contributed by atoms with Crippen molar-refractivity contribution < 1.29 is 4.79 Å². The van der Waals surface area contributed by atoms with Gasteiger partial charge in [-0.05, 0) is 36.8 Å². The van der Waals surface area contributed by atoms with Crippen LogP contribution >= 0.6 is 11.8 Å². The summed E-state index contributed by atoms with van der Waals surface area (Å²) in [4.78, 5) is 16.6. The van der Waals surface area contributed by atoms with Crippen LogP contribution in [-0.2, 0) is 17.1 Å². The molecule has 1 aromatic heterocycles. The molecule has 0 aliphatic heterocycles. The molecule has 5 heteroatoms. The van der Waals surface area contributed by atoms with Gasteiger partial charge in [-0.25, -0.2) is 4.98 Å². The zero-order chi connectivity index (χ0) is 15.1. The number of thioether (sulfide) groups is 1. The number of imidazole rings is 1. The van der Waals surface area contributed by atoms with Crippen molar-refractivity contribution in [2.75, 3.05) is 5.32 Å². The molecule has 1 N–H and O–H groups in total. The van der Waals surface area contributed by atoms with Crippen LogP contribution in [0.25, 0.3) is 0 Å². The van der Waals surface area contributed by atoms with Gasteiger partial charge < -0.3 is 9.88 Å². The lowest BCUT2D eigenvalue weighted by atomic mass is 10.3. The maximum atomic E-state index is 11.2. The number of anilines is 1. The van der Waals surface area contributed by atoms with Gasteiger partial charge in [0.15, 0.2) is 0 Å². The fourth-order valence-corrected chi connectivity index (χ4v) is 2.78. The Hall–Kier alpha value is -2.01. The molecule has 1 amide bonds. The summed E-state index contributed by atoms with van der Waals surface area (Å²) in [6.07, 6.45) is 6.16. The van der Waals surface area contributed by atoms with Gasteiger partial charge in [-0.15, -0.1) is 11.8 Å². The zero-order valence-corrected chi connectivity index (χ0v) is 12.9. The van der Waals surface area contributed by atoms with Crippen molar-refractivity contribution in [3.8, 4) is 0 Å². The van der Waals surface area contributed by atoms with Crippen LogP contribution in [0.4, 0.5) is 5.69 Å². The van der Waals surface area contributed by atoms with E-state index in [4.69, 9.17) is 0 Å². The van der Waals surface area contributed by atoms with Crippen LogP contribution < -0.4 is 5.32 Å². The first kappa shape index (κ1) is 15.4. The second kappa shape index (κ2) is 7.69. The molecule has 0 unspecified atom stereocenters. The Labute approximate surface area is 129 Å². The molecule has 0 aliphatic carbocycles. The molecule has 21 heavy (non-hydrogen) atoms. The number of hydrogen-bond acceptors (Lipinski definition) is 3. The quantitative estimate of drug-likeness (QED) is 0.626. The molecule has 2 rings (SSSR count). The Morgan fingerprint density at radius 1 is 1.43 bits per heavy atom. The summed E-state index contributed by atoms with van der Waals surface area (Å²) < 4.78 is 2.19. The topological polar surface area (TPSA) is 46.9 Å². The summed E-state index contributed by atoms with van der Waals surface area (Å²) in [6, 6.07) is 7.80. The Balaban J connectivity index is 1.92. The van der Waals surface area contributed by atoms with Gasteiger partial charge in [-0.3, -0.25) is 4.79 Å². The number of rotatable bonds is 7. The number of benzene rings is 1. The van der Waals surface area contributed by atoms with Crippen molar-refractivity contribution in [3.05, 3.63) is 55.1 Å². The molecule has 0 radical (unpaired) electrons. The van der Waals surface area contributed by atoms with E-state index in [9.17, 15) is 4.79 Å². The molecule has 0 saturated carbocycles. The van der Waals surface area contributed by atoms with Crippen LogP contribution in [0.3, 0.4) is 0 Å². The van der Waals surface area contributed by atoms with Gasteiger partial charge in [0, 0.05) is 34.8 Å². The number of nitrogens with one attached hydrogen (secondary N) is 1. The normalized spacial score (nSPS) is 10.3. The Morgan fingerprint density at radius 2 is 2.19 bits per heavy atom. The number of amides is 1. The van der Waals surface area contributed by atoms with Crippen molar-refractivity contribution >= 4 is 23.4 Å². The summed E-state index contributed by atoms with van der Waals surface area (Å²) in [5.41, 5.74) is 2.01. The van der Waals surface area contributed by atoms with Gasteiger partial charge in [-0.2, -0.15) is 0 Å². The highest BCUT2D eigenvalue weighted by Gasteiger charge is 2.03. The smallest absolute Gasteiger partial charge is 0.247 e. The predicted molar refractivity (Wildman–Crippen MR) is 87.3 cm³/mol. The molecule has 0 bridgehead atoms. The van der Waals surface area contributed by atoms with Gasteiger partial charge in [0.25, 0.3) is 0 Å². The van der Waals surface area contributed by atoms with Gasteiger partial charge in [0.05, 0.1) is 6.33 Å². The van der Waals surface area contributed by atoms with E-state index in [1.54, 1.807) is 11.8 Å². The van der Waals surface area contributed by atoms with Crippen LogP contribution in [0.5, 0.6) is 0 Å². The summed E-state index contributed by atoms with van der Waals surface area (Å²) in [5.74, 6) is 0.692. The molecule has 4 nitrogen and oxygen atoms in total. The first-order valence-corrected chi connectivity index (χ1v) is 7.86. The van der Waals surface area contributed by atoms with E-state index in [2.05, 4.69) is 28.4 Å². The van der Waals surface area contributed by atoms with Crippen molar-refractivity contribution in [2.45, 2.75) is 30.5 Å². The maximum Gasteiger partial charge on any atom is 0.247 e. The molecule has 1 aromatic carbocycles. The first-order valence-electron chi connectivity index (χ1n) is 6.88. The lowest BCUT2D eigenvalue weighted by Crippen LogP contribution is -2.06. The number of nitrogens with zero attached hydrogens (tertiary/aromatic N) is 2. The van der Waals surface area contributed by atoms with E-state index in [-0.39, 0.29) is 5.91 Å². The van der Waals surface area contributed by atoms with Crippen LogP contribution in [0, 0.1) is 0 Å². The van der Waals surface area contributed by atoms with E-state index < -0.39 is 0 Å². The third-order valence-electron chi connectivity index (χ3n) is 2.96. The third-order valence-corrected chi connectivity index (χ3v) is 4.00. The zero-order valence-electron chi connectivity index (χ0n) is 12.1. The monoisotopic (exact) mass is 301 g/mol. The number of aromatic nitrogens is 2. The molecule has 0 spiro atoms. The molecule has 0 fully saturated rings. The van der Waals surface area contributed by atoms with Crippen LogP contribution in [-0.4, -0.2) is 15.5 Å². The highest BCUT2D eigenvalue weighted by Crippen LogP contribution is 2.24. The molecule has 0 aliphatic rings. The fourth-order valence-electron chi connectivity index (χ4n) is 1.90.